The van der Waals surface area contributed by atoms with Crippen molar-refractivity contribution in [1.29, 1.82) is 0 Å². The van der Waals surface area contributed by atoms with Gasteiger partial charge in [-0.3, -0.25) is 9.10 Å². The molecule has 2 aromatic rings. The number of nitrogens with zero attached hydrogens (tertiary/aromatic N) is 2. The van der Waals surface area contributed by atoms with Crippen LogP contribution in [-0.4, -0.2) is 53.4 Å². The molecule has 0 aromatic heterocycles. The number of rotatable bonds is 7. The molecule has 0 bridgehead atoms. The second-order valence-corrected chi connectivity index (χ2v) is 9.06. The van der Waals surface area contributed by atoms with E-state index in [4.69, 9.17) is 4.74 Å². The molecule has 2 aromatic carbocycles. The van der Waals surface area contributed by atoms with Crippen molar-refractivity contribution in [2.75, 3.05) is 48.3 Å². The standard InChI is InChI=1S/C21H27N3O4S/c1-17-4-3-5-20(14-17)24(29(2,26)27)16-21(25)22-15-18-6-8-19(9-7-18)23-10-12-28-13-11-23/h3-9,14H,10-13,15-16H2,1-2H3,(H,22,25). The van der Waals surface area contributed by atoms with Crippen LogP contribution in [0.5, 0.6) is 0 Å². The lowest BCUT2D eigenvalue weighted by Crippen LogP contribution is -2.40. The lowest BCUT2D eigenvalue weighted by atomic mass is 10.2. The molecule has 1 saturated heterocycles. The van der Waals surface area contributed by atoms with Crippen molar-refractivity contribution in [2.24, 2.45) is 0 Å². The van der Waals surface area contributed by atoms with Crippen LogP contribution < -0.4 is 14.5 Å². The zero-order valence-electron chi connectivity index (χ0n) is 16.8. The number of carbonyl (C=O) groups excluding carboxylic acids is 1. The Bertz CT molecular complexity index is 939. The fraction of sp³-hybridized carbons (Fsp3) is 0.381. The summed E-state index contributed by atoms with van der Waals surface area (Å²) in [5, 5.41) is 2.81. The van der Waals surface area contributed by atoms with Gasteiger partial charge in [0.25, 0.3) is 0 Å². The van der Waals surface area contributed by atoms with Crippen molar-refractivity contribution in [2.45, 2.75) is 13.5 Å². The second-order valence-electron chi connectivity index (χ2n) is 7.15. The Balaban J connectivity index is 1.59. The number of benzene rings is 2. The smallest absolute Gasteiger partial charge is 0.241 e. The summed E-state index contributed by atoms with van der Waals surface area (Å²) in [6.45, 7) is 5.17. The lowest BCUT2D eigenvalue weighted by molar-refractivity contribution is -0.119. The van der Waals surface area contributed by atoms with Gasteiger partial charge in [-0.2, -0.15) is 0 Å². The highest BCUT2D eigenvalue weighted by atomic mass is 32.2. The number of nitrogens with one attached hydrogen (secondary N) is 1. The van der Waals surface area contributed by atoms with E-state index in [1.807, 2.05) is 37.3 Å². The van der Waals surface area contributed by atoms with Gasteiger partial charge in [0.2, 0.25) is 15.9 Å². The van der Waals surface area contributed by atoms with E-state index in [1.165, 1.54) is 0 Å². The minimum absolute atomic E-state index is 0.256. The minimum Gasteiger partial charge on any atom is -0.378 e. The topological polar surface area (TPSA) is 79.0 Å². The molecule has 0 aliphatic carbocycles. The molecule has 1 amide bonds. The first kappa shape index (κ1) is 21.1. The van der Waals surface area contributed by atoms with E-state index >= 15 is 0 Å². The molecule has 0 unspecified atom stereocenters. The molecule has 3 rings (SSSR count). The van der Waals surface area contributed by atoms with Gasteiger partial charge in [0.05, 0.1) is 25.2 Å². The van der Waals surface area contributed by atoms with Gasteiger partial charge in [0.1, 0.15) is 6.54 Å². The van der Waals surface area contributed by atoms with Crippen LogP contribution >= 0.6 is 0 Å². The van der Waals surface area contributed by atoms with Crippen molar-refractivity contribution < 1.29 is 17.9 Å². The SMILES string of the molecule is Cc1cccc(N(CC(=O)NCc2ccc(N3CCOCC3)cc2)S(C)(=O)=O)c1. The maximum absolute atomic E-state index is 12.4. The Morgan fingerprint density at radius 2 is 1.83 bits per heavy atom. The first-order valence-corrected chi connectivity index (χ1v) is 11.4. The van der Waals surface area contributed by atoms with E-state index in [1.54, 1.807) is 18.2 Å². The first-order chi connectivity index (χ1) is 13.8. The highest BCUT2D eigenvalue weighted by Crippen LogP contribution is 2.19. The maximum Gasteiger partial charge on any atom is 0.241 e. The van der Waals surface area contributed by atoms with Gasteiger partial charge in [-0.1, -0.05) is 24.3 Å². The van der Waals surface area contributed by atoms with Crippen molar-refractivity contribution >= 4 is 27.3 Å². The third-order valence-corrected chi connectivity index (χ3v) is 5.92. The summed E-state index contributed by atoms with van der Waals surface area (Å²) in [6, 6.07) is 15.1. The number of morpholine rings is 1. The molecule has 1 fully saturated rings. The molecular formula is C21H27N3O4S. The number of hydrogen-bond acceptors (Lipinski definition) is 5. The summed E-state index contributed by atoms with van der Waals surface area (Å²) in [5.41, 5.74) is 3.50. The molecule has 29 heavy (non-hydrogen) atoms. The monoisotopic (exact) mass is 417 g/mol. The van der Waals surface area contributed by atoms with Crippen LogP contribution in [0, 0.1) is 6.92 Å². The van der Waals surface area contributed by atoms with E-state index in [0.717, 1.165) is 53.7 Å². The number of aryl methyl sites for hydroxylation is 1. The van der Waals surface area contributed by atoms with E-state index in [2.05, 4.69) is 10.2 Å². The van der Waals surface area contributed by atoms with Crippen LogP contribution in [0.4, 0.5) is 11.4 Å². The molecule has 0 radical (unpaired) electrons. The maximum atomic E-state index is 12.4. The predicted molar refractivity (Wildman–Crippen MR) is 115 cm³/mol. The molecule has 8 heteroatoms. The highest BCUT2D eigenvalue weighted by molar-refractivity contribution is 7.92. The quantitative estimate of drug-likeness (QED) is 0.745. The van der Waals surface area contributed by atoms with Crippen molar-refractivity contribution in [1.82, 2.24) is 5.32 Å². The highest BCUT2D eigenvalue weighted by Gasteiger charge is 2.20. The summed E-state index contributed by atoms with van der Waals surface area (Å²) in [6.07, 6.45) is 1.10. The molecule has 7 nitrogen and oxygen atoms in total. The molecule has 0 saturated carbocycles. The number of carbonyl (C=O) groups is 1. The molecular weight excluding hydrogens is 390 g/mol. The number of hydrogen-bond donors (Lipinski definition) is 1. The summed E-state index contributed by atoms with van der Waals surface area (Å²) < 4.78 is 30.8. The molecule has 1 aliphatic rings. The van der Waals surface area contributed by atoms with Crippen LogP contribution in [0.3, 0.4) is 0 Å². The first-order valence-electron chi connectivity index (χ1n) is 9.55. The Hall–Kier alpha value is -2.58. The van der Waals surface area contributed by atoms with Crippen LogP contribution in [0.2, 0.25) is 0 Å². The normalized spacial score (nSPS) is 14.5. The Morgan fingerprint density at radius 3 is 2.45 bits per heavy atom. The van der Waals surface area contributed by atoms with E-state index in [9.17, 15) is 13.2 Å². The zero-order chi connectivity index (χ0) is 20.9. The number of anilines is 2. The fourth-order valence-corrected chi connectivity index (χ4v) is 4.06. The number of amides is 1. The van der Waals surface area contributed by atoms with Crippen molar-refractivity contribution in [3.63, 3.8) is 0 Å². The summed E-state index contributed by atoms with van der Waals surface area (Å²) in [5.74, 6) is -0.353. The predicted octanol–water partition coefficient (Wildman–Crippen LogP) is 1.91. The third-order valence-electron chi connectivity index (χ3n) is 4.78. The second kappa shape index (κ2) is 9.28. The van der Waals surface area contributed by atoms with Gasteiger partial charge < -0.3 is 15.0 Å². The van der Waals surface area contributed by atoms with Crippen molar-refractivity contribution in [3.05, 3.63) is 59.7 Å². The van der Waals surface area contributed by atoms with Crippen LogP contribution in [-0.2, 0) is 26.1 Å². The van der Waals surface area contributed by atoms with E-state index in [0.29, 0.717) is 12.2 Å². The number of sulfonamides is 1. The van der Waals surface area contributed by atoms with Crippen molar-refractivity contribution in [3.8, 4) is 0 Å². The zero-order valence-corrected chi connectivity index (χ0v) is 17.6. The van der Waals surface area contributed by atoms with Gasteiger partial charge in [0.15, 0.2) is 0 Å². The van der Waals surface area contributed by atoms with Crippen LogP contribution in [0.1, 0.15) is 11.1 Å². The molecule has 156 valence electrons. The molecule has 1 N–H and O–H groups in total. The Labute approximate surface area is 172 Å². The average molecular weight is 418 g/mol. The Morgan fingerprint density at radius 1 is 1.14 bits per heavy atom. The summed E-state index contributed by atoms with van der Waals surface area (Å²) in [4.78, 5) is 14.7. The van der Waals surface area contributed by atoms with Gasteiger partial charge >= 0.3 is 0 Å². The number of ether oxygens (including phenoxy) is 1. The van der Waals surface area contributed by atoms with Gasteiger partial charge in [0, 0.05) is 25.3 Å². The average Bonchev–Trinajstić information content (AvgIpc) is 2.70. The lowest BCUT2D eigenvalue weighted by Gasteiger charge is -2.29. The van der Waals surface area contributed by atoms with Gasteiger partial charge in [-0.05, 0) is 42.3 Å². The minimum atomic E-state index is -3.57. The Kier molecular flexibility index (Phi) is 6.76. The molecule has 0 atom stereocenters. The molecule has 0 spiro atoms. The van der Waals surface area contributed by atoms with E-state index in [-0.39, 0.29) is 12.5 Å². The summed E-state index contributed by atoms with van der Waals surface area (Å²) >= 11 is 0. The van der Waals surface area contributed by atoms with Crippen LogP contribution in [0.15, 0.2) is 48.5 Å². The fourth-order valence-electron chi connectivity index (χ4n) is 3.22. The van der Waals surface area contributed by atoms with Gasteiger partial charge in [-0.15, -0.1) is 0 Å². The van der Waals surface area contributed by atoms with Gasteiger partial charge in [-0.25, -0.2) is 8.42 Å². The van der Waals surface area contributed by atoms with Crippen LogP contribution in [0.25, 0.3) is 0 Å². The van der Waals surface area contributed by atoms with E-state index < -0.39 is 10.0 Å². The largest absolute Gasteiger partial charge is 0.378 e. The molecule has 1 aliphatic heterocycles. The molecule has 1 heterocycles. The third kappa shape index (κ3) is 5.95. The summed E-state index contributed by atoms with van der Waals surface area (Å²) in [7, 11) is -3.57.